The van der Waals surface area contributed by atoms with E-state index in [0.717, 1.165) is 16.3 Å². The number of alkyl halides is 2. The molecule has 5 aliphatic rings. The summed E-state index contributed by atoms with van der Waals surface area (Å²) < 4.78 is 41.0. The molecule has 0 amide bonds. The van der Waals surface area contributed by atoms with E-state index in [2.05, 4.69) is 36.2 Å². The van der Waals surface area contributed by atoms with Crippen molar-refractivity contribution in [2.24, 2.45) is 11.3 Å². The molecule has 4 N–H and O–H groups in total. The first kappa shape index (κ1) is 24.9. The maximum Gasteiger partial charge on any atom is 0.171 e. The first-order valence-corrected chi connectivity index (χ1v) is 13.9. The molecule has 2 saturated carbocycles. The number of nitrogens with two attached hydrogens (primary N) is 1. The monoisotopic (exact) mass is 525 g/mol. The number of likely N-dealkylation sites (N-methyl/N-ethyl adjacent to an activating group) is 1. The van der Waals surface area contributed by atoms with Gasteiger partial charge in [0, 0.05) is 30.0 Å². The number of allylic oxidation sites excluding steroid dienone is 2. The lowest BCUT2D eigenvalue weighted by Gasteiger charge is -2.65. The van der Waals surface area contributed by atoms with Crippen molar-refractivity contribution in [1.82, 2.24) is 9.88 Å². The lowest BCUT2D eigenvalue weighted by atomic mass is 9.51. The number of pyridine rings is 1. The second-order valence-electron chi connectivity index (χ2n) is 13.2. The van der Waals surface area contributed by atoms with Gasteiger partial charge in [0.1, 0.15) is 28.8 Å². The highest BCUT2D eigenvalue weighted by molar-refractivity contribution is 5.88. The fourth-order valence-electron chi connectivity index (χ4n) is 9.30. The first-order chi connectivity index (χ1) is 17.9. The number of anilines is 1. The highest BCUT2D eigenvalue weighted by Gasteiger charge is 2.82. The van der Waals surface area contributed by atoms with Crippen LogP contribution in [0.4, 0.5) is 14.6 Å². The Morgan fingerprint density at radius 3 is 2.63 bits per heavy atom. The van der Waals surface area contributed by atoms with E-state index < -0.39 is 47.2 Å². The predicted molar refractivity (Wildman–Crippen MR) is 142 cm³/mol. The molecule has 2 aliphatic heterocycles. The van der Waals surface area contributed by atoms with Gasteiger partial charge in [0.2, 0.25) is 0 Å². The van der Waals surface area contributed by atoms with Crippen LogP contribution in [0.3, 0.4) is 0 Å². The number of aliphatic hydroxyl groups excluding tert-OH is 2. The van der Waals surface area contributed by atoms with Crippen molar-refractivity contribution in [2.75, 3.05) is 19.8 Å². The molecular formula is C30H37F2N3O3. The fraction of sp³-hybridized carbons (Fsp3) is 0.633. The molecule has 8 heteroatoms. The van der Waals surface area contributed by atoms with Crippen LogP contribution in [-0.4, -0.2) is 75.0 Å². The number of hydrogen-bond donors (Lipinski definition) is 3. The molecule has 204 valence electrons. The predicted octanol–water partition coefficient (Wildman–Crippen LogP) is 4.18. The number of nitrogens with zero attached hydrogens (tertiary/aromatic N) is 2. The van der Waals surface area contributed by atoms with Crippen LogP contribution < -0.4 is 5.73 Å². The fourth-order valence-corrected chi connectivity index (χ4v) is 9.30. The Bertz CT molecular complexity index is 1370. The van der Waals surface area contributed by atoms with Crippen molar-refractivity contribution in [3.63, 3.8) is 0 Å². The highest BCUT2D eigenvalue weighted by Crippen LogP contribution is 2.74. The summed E-state index contributed by atoms with van der Waals surface area (Å²) in [5.74, 6) is 0.336. The summed E-state index contributed by atoms with van der Waals surface area (Å²) >= 11 is 0. The Labute approximate surface area is 221 Å². The smallest absolute Gasteiger partial charge is 0.171 e. The number of ether oxygens (including phenoxy) is 1. The second kappa shape index (κ2) is 7.53. The van der Waals surface area contributed by atoms with Crippen LogP contribution in [0.2, 0.25) is 0 Å². The third-order valence-corrected chi connectivity index (χ3v) is 11.3. The molecule has 7 rings (SSSR count). The van der Waals surface area contributed by atoms with Gasteiger partial charge < -0.3 is 25.6 Å². The molecule has 2 saturated heterocycles. The number of aliphatic hydroxyl groups is 2. The minimum atomic E-state index is -2.33. The van der Waals surface area contributed by atoms with Crippen LogP contribution in [0.1, 0.15) is 57.4 Å². The van der Waals surface area contributed by atoms with E-state index in [1.165, 1.54) is 5.57 Å². The van der Waals surface area contributed by atoms with Gasteiger partial charge in [-0.15, -0.1) is 0 Å². The average Bonchev–Trinajstić information content (AvgIpc) is 3.42. The maximum absolute atomic E-state index is 17.2. The van der Waals surface area contributed by atoms with E-state index in [4.69, 9.17) is 10.5 Å². The molecular weight excluding hydrogens is 488 g/mol. The quantitative estimate of drug-likeness (QED) is 0.545. The van der Waals surface area contributed by atoms with Crippen LogP contribution in [0.25, 0.3) is 16.3 Å². The summed E-state index contributed by atoms with van der Waals surface area (Å²) in [6.45, 7) is 2.21. The SMILES string of the molecule is CN(C)C1CC23CCC4(O2)C2CC=C(c5ccc6cc(N)ncc6c5)C2(C)CCC4(F)CC3(F)C(O)C1O. The molecule has 2 bridgehead atoms. The molecule has 6 nitrogen and oxygen atoms in total. The lowest BCUT2D eigenvalue weighted by molar-refractivity contribution is -0.347. The summed E-state index contributed by atoms with van der Waals surface area (Å²) in [4.78, 5) is 6.07. The van der Waals surface area contributed by atoms with Gasteiger partial charge in [0.15, 0.2) is 5.67 Å². The van der Waals surface area contributed by atoms with Crippen molar-refractivity contribution in [3.8, 4) is 0 Å². The molecule has 2 spiro atoms. The van der Waals surface area contributed by atoms with Gasteiger partial charge in [-0.25, -0.2) is 13.8 Å². The Hall–Kier alpha value is -2.13. The minimum absolute atomic E-state index is 0.144. The molecule has 0 radical (unpaired) electrons. The summed E-state index contributed by atoms with van der Waals surface area (Å²) in [7, 11) is 3.63. The molecule has 9 unspecified atom stereocenters. The number of halogens is 2. The van der Waals surface area contributed by atoms with Gasteiger partial charge in [0.25, 0.3) is 0 Å². The van der Waals surface area contributed by atoms with E-state index in [9.17, 15) is 10.2 Å². The molecule has 4 fully saturated rings. The molecule has 38 heavy (non-hydrogen) atoms. The molecule has 1 aromatic carbocycles. The van der Waals surface area contributed by atoms with Crippen molar-refractivity contribution in [2.45, 2.75) is 92.7 Å². The molecule has 3 aliphatic carbocycles. The van der Waals surface area contributed by atoms with Crippen molar-refractivity contribution >= 4 is 22.2 Å². The van der Waals surface area contributed by atoms with Gasteiger partial charge in [-0.05, 0) is 86.7 Å². The number of nitrogen functional groups attached to an aromatic ring is 1. The summed E-state index contributed by atoms with van der Waals surface area (Å²) in [5, 5.41) is 23.9. The number of hydrogen-bond acceptors (Lipinski definition) is 6. The van der Waals surface area contributed by atoms with Crippen LogP contribution in [0, 0.1) is 11.3 Å². The topological polar surface area (TPSA) is 91.8 Å². The normalized spacial score (nSPS) is 47.5. The van der Waals surface area contributed by atoms with Gasteiger partial charge in [-0.1, -0.05) is 25.1 Å². The molecule has 3 heterocycles. The molecule has 2 aromatic rings. The zero-order chi connectivity index (χ0) is 26.9. The van der Waals surface area contributed by atoms with Crippen LogP contribution >= 0.6 is 0 Å². The average molecular weight is 526 g/mol. The standard InChI is InChI=1S/C30H37F2N3O3/c1-26-8-9-27(31)16-29(32)25(37)24(36)21(35(2)3)14-28(29)10-11-30(27,38-28)22(26)7-6-20(26)18-5-4-17-13-23(33)34-15-19(17)12-18/h4-6,12-13,15,21-22,24-25,36-37H,7-11,14,16H2,1-3H3,(H2,33,34). The van der Waals surface area contributed by atoms with Gasteiger partial charge in [-0.3, -0.25) is 0 Å². The van der Waals surface area contributed by atoms with Crippen LogP contribution in [-0.2, 0) is 4.74 Å². The van der Waals surface area contributed by atoms with E-state index in [0.29, 0.717) is 31.5 Å². The zero-order valence-electron chi connectivity index (χ0n) is 22.3. The van der Waals surface area contributed by atoms with Gasteiger partial charge in [0.05, 0.1) is 6.10 Å². The number of fused-ring (bicyclic) bond motifs is 2. The van der Waals surface area contributed by atoms with Gasteiger partial charge >= 0.3 is 0 Å². The third kappa shape index (κ3) is 2.82. The van der Waals surface area contributed by atoms with Crippen LogP contribution in [0.15, 0.2) is 36.5 Å². The minimum Gasteiger partial charge on any atom is -0.389 e. The largest absolute Gasteiger partial charge is 0.389 e. The zero-order valence-corrected chi connectivity index (χ0v) is 22.3. The van der Waals surface area contributed by atoms with E-state index in [1.54, 1.807) is 6.20 Å². The third-order valence-electron chi connectivity index (χ3n) is 11.3. The Morgan fingerprint density at radius 2 is 1.87 bits per heavy atom. The second-order valence-corrected chi connectivity index (χ2v) is 13.2. The Balaban J connectivity index is 1.28. The van der Waals surface area contributed by atoms with Gasteiger partial charge in [-0.2, -0.15) is 0 Å². The van der Waals surface area contributed by atoms with E-state index >= 15 is 8.78 Å². The summed E-state index contributed by atoms with van der Waals surface area (Å²) in [6, 6.07) is 7.67. The summed E-state index contributed by atoms with van der Waals surface area (Å²) in [5.41, 5.74) is 1.13. The first-order valence-electron chi connectivity index (χ1n) is 13.9. The number of aromatic nitrogens is 1. The number of rotatable bonds is 2. The Morgan fingerprint density at radius 1 is 1.08 bits per heavy atom. The van der Waals surface area contributed by atoms with Crippen LogP contribution in [0.5, 0.6) is 0 Å². The van der Waals surface area contributed by atoms with Crippen molar-refractivity contribution in [3.05, 3.63) is 42.1 Å². The highest BCUT2D eigenvalue weighted by atomic mass is 19.2. The Kier molecular flexibility index (Phi) is 4.93. The molecule has 1 aromatic heterocycles. The van der Waals surface area contributed by atoms with Crippen molar-refractivity contribution < 1.29 is 23.7 Å². The van der Waals surface area contributed by atoms with Crippen molar-refractivity contribution in [1.29, 1.82) is 0 Å². The molecule has 9 atom stereocenters. The summed E-state index contributed by atoms with van der Waals surface area (Å²) in [6.07, 6.45) is 2.96. The lowest BCUT2D eigenvalue weighted by Crippen LogP contribution is -2.78. The van der Waals surface area contributed by atoms with E-state index in [-0.39, 0.29) is 24.2 Å². The number of benzene rings is 1. The maximum atomic E-state index is 17.2. The van der Waals surface area contributed by atoms with E-state index in [1.807, 2.05) is 25.1 Å².